The molecule has 0 radical (unpaired) electrons. The highest BCUT2D eigenvalue weighted by atomic mass is 31.2. The summed E-state index contributed by atoms with van der Waals surface area (Å²) in [6.07, 6.45) is 0. The van der Waals surface area contributed by atoms with Gasteiger partial charge < -0.3 is 28.3 Å². The third-order valence-corrected chi connectivity index (χ3v) is 5.14. The first-order valence-electron chi connectivity index (χ1n) is 5.60. The predicted molar refractivity (Wildman–Crippen MR) is 67.5 cm³/mol. The third-order valence-electron chi connectivity index (χ3n) is 1.64. The summed E-state index contributed by atoms with van der Waals surface area (Å²) in [7, 11) is -4.16. The Kier molecular flexibility index (Phi) is 9.88. The van der Waals surface area contributed by atoms with Crippen molar-refractivity contribution in [2.45, 2.75) is 33.0 Å². The van der Waals surface area contributed by atoms with Gasteiger partial charge in [-0.15, -0.1) is 0 Å². The van der Waals surface area contributed by atoms with Gasteiger partial charge in [-0.05, 0) is 27.7 Å². The minimum atomic E-state index is -2.49. The maximum Gasteiger partial charge on any atom is 0.311 e. The number of hydrogen-bond acceptors (Lipinski definition) is 6. The van der Waals surface area contributed by atoms with Crippen molar-refractivity contribution in [2.75, 3.05) is 26.4 Å². The lowest BCUT2D eigenvalue weighted by molar-refractivity contribution is -0.131. The zero-order chi connectivity index (χ0) is 13.3. The lowest BCUT2D eigenvalue weighted by atomic mass is 10.8. The van der Waals surface area contributed by atoms with E-state index < -0.39 is 22.0 Å². The van der Waals surface area contributed by atoms with Gasteiger partial charge in [-0.25, -0.2) is 0 Å². The fraction of sp³-hybridized carbons (Fsp3) is 1.00. The molecule has 2 N–H and O–H groups in total. The van der Waals surface area contributed by atoms with Crippen molar-refractivity contribution in [3.05, 3.63) is 0 Å². The maximum absolute atomic E-state index is 9.58. The summed E-state index contributed by atoms with van der Waals surface area (Å²) in [6, 6.07) is 0. The van der Waals surface area contributed by atoms with Crippen LogP contribution in [0.5, 0.6) is 0 Å². The first kappa shape index (κ1) is 17.6. The summed E-state index contributed by atoms with van der Waals surface area (Å²) in [5.41, 5.74) is 0. The Balaban J connectivity index is 5.02. The summed E-state index contributed by atoms with van der Waals surface area (Å²) in [5.74, 6) is 0. The van der Waals surface area contributed by atoms with Gasteiger partial charge in [0.2, 0.25) is 16.8 Å². The highest BCUT2D eigenvalue weighted by Gasteiger charge is 2.51. The molecule has 0 bridgehead atoms. The Morgan fingerprint density at radius 3 is 1.47 bits per heavy atom. The van der Waals surface area contributed by atoms with E-state index in [0.29, 0.717) is 13.2 Å². The Labute approximate surface area is 105 Å². The summed E-state index contributed by atoms with van der Waals surface area (Å²) in [4.78, 5) is 19.2. The fourth-order valence-electron chi connectivity index (χ4n) is 1.15. The van der Waals surface area contributed by atoms with Crippen LogP contribution in [-0.2, 0) is 18.5 Å². The smallest absolute Gasteiger partial charge is 0.311 e. The van der Waals surface area contributed by atoms with Crippen molar-refractivity contribution in [1.29, 1.82) is 0 Å². The van der Waals surface area contributed by atoms with Gasteiger partial charge in [0.1, 0.15) is 0 Å². The molecule has 6 nitrogen and oxygen atoms in total. The average Bonchev–Trinajstić information content (AvgIpc) is 2.28. The SMILES string of the molecule is CCOP(OCC)C(OCC)(OCC)P(O)O. The average molecular weight is 288 g/mol. The van der Waals surface area contributed by atoms with Gasteiger partial charge in [-0.2, -0.15) is 0 Å². The van der Waals surface area contributed by atoms with Crippen LogP contribution in [0.3, 0.4) is 0 Å². The first-order valence-corrected chi connectivity index (χ1v) is 8.03. The summed E-state index contributed by atoms with van der Waals surface area (Å²) in [6.45, 7) is 8.42. The molecule has 0 rings (SSSR count). The van der Waals surface area contributed by atoms with E-state index in [4.69, 9.17) is 18.5 Å². The normalized spacial score (nSPS) is 12.7. The lowest BCUT2D eigenvalue weighted by Gasteiger charge is -2.37. The Morgan fingerprint density at radius 1 is 0.824 bits per heavy atom. The molecule has 0 heterocycles. The molecule has 0 unspecified atom stereocenters. The van der Waals surface area contributed by atoms with E-state index in [0.717, 1.165) is 0 Å². The highest BCUT2D eigenvalue weighted by molar-refractivity contribution is 7.66. The van der Waals surface area contributed by atoms with Gasteiger partial charge in [0.05, 0.1) is 13.2 Å². The molecule has 0 saturated carbocycles. The molecule has 0 aliphatic rings. The maximum atomic E-state index is 9.58. The number of hydrogen-bond donors (Lipinski definition) is 2. The molecule has 0 aromatic rings. The molecule has 0 amide bonds. The molecule has 0 aromatic carbocycles. The van der Waals surface area contributed by atoms with Crippen molar-refractivity contribution in [3.8, 4) is 0 Å². The van der Waals surface area contributed by atoms with Crippen LogP contribution in [0, 0.1) is 0 Å². The zero-order valence-corrected chi connectivity index (χ0v) is 12.5. The van der Waals surface area contributed by atoms with E-state index >= 15 is 0 Å². The Bertz CT molecular complexity index is 180. The van der Waals surface area contributed by atoms with Gasteiger partial charge in [0.15, 0.2) is 0 Å². The molecule has 8 heteroatoms. The number of rotatable bonds is 10. The van der Waals surface area contributed by atoms with Gasteiger partial charge in [-0.3, -0.25) is 0 Å². The van der Waals surface area contributed by atoms with Crippen LogP contribution in [0.25, 0.3) is 0 Å². The van der Waals surface area contributed by atoms with Crippen LogP contribution in [-0.4, -0.2) is 41.5 Å². The molecule has 0 spiro atoms. The van der Waals surface area contributed by atoms with E-state index in [1.165, 1.54) is 0 Å². The van der Waals surface area contributed by atoms with Crippen LogP contribution in [0.1, 0.15) is 27.7 Å². The van der Waals surface area contributed by atoms with E-state index in [-0.39, 0.29) is 13.2 Å². The predicted octanol–water partition coefficient (Wildman–Crippen LogP) is 2.35. The molecule has 104 valence electrons. The Hall–Kier alpha value is 0.620. The van der Waals surface area contributed by atoms with Gasteiger partial charge in [-0.1, -0.05) is 0 Å². The van der Waals surface area contributed by atoms with Crippen molar-refractivity contribution in [2.24, 2.45) is 0 Å². The third kappa shape index (κ3) is 5.01. The molecule has 0 atom stereocenters. The molecular formula is C9H22O6P2. The van der Waals surface area contributed by atoms with Gasteiger partial charge in [0.25, 0.3) is 0 Å². The number of ether oxygens (including phenoxy) is 2. The van der Waals surface area contributed by atoms with Crippen molar-refractivity contribution in [3.63, 3.8) is 0 Å². The lowest BCUT2D eigenvalue weighted by Crippen LogP contribution is -2.33. The minimum Gasteiger partial charge on any atom is -0.346 e. The van der Waals surface area contributed by atoms with Crippen LogP contribution in [0.15, 0.2) is 0 Å². The van der Waals surface area contributed by atoms with E-state index in [1.54, 1.807) is 27.7 Å². The van der Waals surface area contributed by atoms with E-state index in [2.05, 4.69) is 0 Å². The second-order valence-electron chi connectivity index (χ2n) is 2.80. The summed E-state index contributed by atoms with van der Waals surface area (Å²) < 4.78 is 21.6. The zero-order valence-electron chi connectivity index (χ0n) is 10.8. The van der Waals surface area contributed by atoms with E-state index in [9.17, 15) is 9.79 Å². The molecule has 0 aromatic heterocycles. The van der Waals surface area contributed by atoms with Crippen LogP contribution < -0.4 is 0 Å². The van der Waals surface area contributed by atoms with Gasteiger partial charge >= 0.3 is 5.27 Å². The molecule has 0 aliphatic heterocycles. The first-order chi connectivity index (χ1) is 8.08. The monoisotopic (exact) mass is 288 g/mol. The second-order valence-corrected chi connectivity index (χ2v) is 5.94. The van der Waals surface area contributed by atoms with Crippen LogP contribution >= 0.6 is 16.8 Å². The van der Waals surface area contributed by atoms with Gasteiger partial charge in [0, 0.05) is 13.2 Å². The van der Waals surface area contributed by atoms with Crippen molar-refractivity contribution >= 4 is 16.8 Å². The molecule has 0 saturated heterocycles. The van der Waals surface area contributed by atoms with Crippen molar-refractivity contribution in [1.82, 2.24) is 0 Å². The second kappa shape index (κ2) is 9.54. The molecule has 0 fully saturated rings. The fourth-order valence-corrected chi connectivity index (χ4v) is 3.91. The van der Waals surface area contributed by atoms with Crippen LogP contribution in [0.2, 0.25) is 0 Å². The molecule has 0 aliphatic carbocycles. The largest absolute Gasteiger partial charge is 0.346 e. The molecule has 17 heavy (non-hydrogen) atoms. The van der Waals surface area contributed by atoms with Crippen molar-refractivity contribution < 1.29 is 28.3 Å². The summed E-state index contributed by atoms with van der Waals surface area (Å²) >= 11 is 0. The topological polar surface area (TPSA) is 77.4 Å². The quantitative estimate of drug-likeness (QED) is 0.474. The van der Waals surface area contributed by atoms with Crippen LogP contribution in [0.4, 0.5) is 0 Å². The standard InChI is InChI=1S/C9H22O6P2/c1-5-12-9(13-6-2,16(10)11)17(14-7-3)15-8-4/h10-11H,5-8H2,1-4H3. The highest BCUT2D eigenvalue weighted by Crippen LogP contribution is 2.66. The van der Waals surface area contributed by atoms with E-state index in [1.807, 2.05) is 0 Å². The summed E-state index contributed by atoms with van der Waals surface area (Å²) in [5, 5.41) is -1.58. The molecular weight excluding hydrogens is 266 g/mol. The minimum absolute atomic E-state index is 0.277. The Morgan fingerprint density at radius 2 is 1.24 bits per heavy atom.